The maximum atomic E-state index is 11.5. The predicted molar refractivity (Wildman–Crippen MR) is 65.1 cm³/mol. The van der Waals surface area contributed by atoms with Gasteiger partial charge in [0.2, 0.25) is 5.91 Å². The van der Waals surface area contributed by atoms with Gasteiger partial charge in [-0.3, -0.25) is 9.59 Å². The highest BCUT2D eigenvalue weighted by atomic mass is 16.1. The smallest absolute Gasteiger partial charge is 0.221 e. The lowest BCUT2D eigenvalue weighted by Crippen LogP contribution is -2.13. The average molecular weight is 220 g/mol. The van der Waals surface area contributed by atoms with E-state index in [0.29, 0.717) is 11.3 Å². The van der Waals surface area contributed by atoms with Gasteiger partial charge < -0.3 is 10.2 Å². The summed E-state index contributed by atoms with van der Waals surface area (Å²) in [6.07, 6.45) is 0. The Kier molecular flexibility index (Phi) is 3.66. The minimum atomic E-state index is -0.180. The summed E-state index contributed by atoms with van der Waals surface area (Å²) in [4.78, 5) is 24.3. The summed E-state index contributed by atoms with van der Waals surface area (Å²) >= 11 is 0. The van der Waals surface area contributed by atoms with Gasteiger partial charge in [0, 0.05) is 32.3 Å². The summed E-state index contributed by atoms with van der Waals surface area (Å²) in [6, 6.07) is 5.37. The molecule has 0 aromatic heterocycles. The fourth-order valence-electron chi connectivity index (χ4n) is 1.40. The number of hydrogen-bond acceptors (Lipinski definition) is 3. The zero-order chi connectivity index (χ0) is 12.3. The second-order valence-corrected chi connectivity index (χ2v) is 3.86. The number of Topliss-reactive ketones (excluding diaryl/α,β-unsaturated/α-hetero) is 1. The molecule has 1 N–H and O–H groups in total. The van der Waals surface area contributed by atoms with Gasteiger partial charge in [-0.15, -0.1) is 0 Å². The largest absolute Gasteiger partial charge is 0.378 e. The van der Waals surface area contributed by atoms with Crippen LogP contribution in [-0.4, -0.2) is 25.8 Å². The molecule has 0 radical (unpaired) electrons. The lowest BCUT2D eigenvalue weighted by atomic mass is 10.1. The summed E-state index contributed by atoms with van der Waals surface area (Å²) < 4.78 is 0. The van der Waals surface area contributed by atoms with E-state index in [1.54, 1.807) is 12.1 Å². The molecule has 86 valence electrons. The number of rotatable bonds is 3. The highest BCUT2D eigenvalue weighted by Gasteiger charge is 2.10. The Morgan fingerprint density at radius 1 is 1.19 bits per heavy atom. The Morgan fingerprint density at radius 3 is 2.25 bits per heavy atom. The van der Waals surface area contributed by atoms with Crippen molar-refractivity contribution in [3.63, 3.8) is 0 Å². The monoisotopic (exact) mass is 220 g/mol. The van der Waals surface area contributed by atoms with Crippen LogP contribution in [0.3, 0.4) is 0 Å². The summed E-state index contributed by atoms with van der Waals surface area (Å²) in [5, 5.41) is 2.64. The van der Waals surface area contributed by atoms with E-state index in [2.05, 4.69) is 5.32 Å². The van der Waals surface area contributed by atoms with Crippen LogP contribution >= 0.6 is 0 Å². The molecule has 4 nitrogen and oxygen atoms in total. The van der Waals surface area contributed by atoms with Crippen molar-refractivity contribution in [3.8, 4) is 0 Å². The predicted octanol–water partition coefficient (Wildman–Crippen LogP) is 1.91. The molecule has 0 spiro atoms. The van der Waals surface area contributed by atoms with Crippen LogP contribution in [0.1, 0.15) is 24.2 Å². The number of carbonyl (C=O) groups excluding carboxylic acids is 2. The molecule has 0 fully saturated rings. The van der Waals surface area contributed by atoms with E-state index < -0.39 is 0 Å². The fraction of sp³-hybridized carbons (Fsp3) is 0.333. The van der Waals surface area contributed by atoms with Crippen molar-refractivity contribution in [1.29, 1.82) is 0 Å². The molecule has 0 saturated carbocycles. The number of nitrogens with zero attached hydrogens (tertiary/aromatic N) is 1. The summed E-state index contributed by atoms with van der Waals surface area (Å²) in [5.41, 5.74) is 2.02. The Morgan fingerprint density at radius 2 is 1.81 bits per heavy atom. The van der Waals surface area contributed by atoms with Crippen molar-refractivity contribution in [2.45, 2.75) is 13.8 Å². The topological polar surface area (TPSA) is 49.4 Å². The molecule has 0 heterocycles. The summed E-state index contributed by atoms with van der Waals surface area (Å²) in [5.74, 6) is -0.243. The quantitative estimate of drug-likeness (QED) is 0.792. The molecule has 4 heteroatoms. The number of anilines is 2. The van der Waals surface area contributed by atoms with Crippen LogP contribution in [0.25, 0.3) is 0 Å². The molecular weight excluding hydrogens is 204 g/mol. The first kappa shape index (κ1) is 12.2. The van der Waals surface area contributed by atoms with Crippen molar-refractivity contribution in [2.75, 3.05) is 24.3 Å². The van der Waals surface area contributed by atoms with E-state index >= 15 is 0 Å². The van der Waals surface area contributed by atoms with Gasteiger partial charge in [0.1, 0.15) is 0 Å². The van der Waals surface area contributed by atoms with Crippen molar-refractivity contribution in [3.05, 3.63) is 23.8 Å². The Bertz CT molecular complexity index is 425. The second kappa shape index (κ2) is 4.79. The molecular formula is C12H16N2O2. The Balaban J connectivity index is 3.19. The van der Waals surface area contributed by atoms with Gasteiger partial charge in [-0.25, -0.2) is 0 Å². The third kappa shape index (κ3) is 2.82. The molecule has 0 aliphatic carbocycles. The molecule has 0 aliphatic rings. The second-order valence-electron chi connectivity index (χ2n) is 3.86. The number of benzene rings is 1. The van der Waals surface area contributed by atoms with Crippen molar-refractivity contribution < 1.29 is 9.59 Å². The molecule has 1 aromatic rings. The maximum Gasteiger partial charge on any atom is 0.221 e. The molecule has 0 atom stereocenters. The van der Waals surface area contributed by atoms with E-state index in [9.17, 15) is 9.59 Å². The molecule has 0 unspecified atom stereocenters. The lowest BCUT2D eigenvalue weighted by Gasteiger charge is -2.15. The Hall–Kier alpha value is -1.84. The van der Waals surface area contributed by atoms with Gasteiger partial charge in [-0.05, 0) is 25.1 Å². The minimum absolute atomic E-state index is 0.0625. The van der Waals surface area contributed by atoms with Gasteiger partial charge in [-0.2, -0.15) is 0 Å². The Labute approximate surface area is 95.3 Å². The van der Waals surface area contributed by atoms with Crippen LogP contribution in [-0.2, 0) is 4.79 Å². The molecule has 1 rings (SSSR count). The molecule has 0 aliphatic heterocycles. The van der Waals surface area contributed by atoms with Gasteiger partial charge in [0.05, 0.1) is 5.69 Å². The zero-order valence-electron chi connectivity index (χ0n) is 10.00. The van der Waals surface area contributed by atoms with Crippen LogP contribution in [0.2, 0.25) is 0 Å². The van der Waals surface area contributed by atoms with E-state index in [4.69, 9.17) is 0 Å². The van der Waals surface area contributed by atoms with E-state index in [0.717, 1.165) is 5.69 Å². The first-order valence-corrected chi connectivity index (χ1v) is 5.01. The number of amides is 1. The molecule has 16 heavy (non-hydrogen) atoms. The fourth-order valence-corrected chi connectivity index (χ4v) is 1.40. The maximum absolute atomic E-state index is 11.5. The van der Waals surface area contributed by atoms with Gasteiger partial charge in [0.25, 0.3) is 0 Å². The highest BCUT2D eigenvalue weighted by Crippen LogP contribution is 2.22. The van der Waals surface area contributed by atoms with Crippen LogP contribution in [0.4, 0.5) is 11.4 Å². The van der Waals surface area contributed by atoms with E-state index in [1.807, 2.05) is 25.1 Å². The number of hydrogen-bond donors (Lipinski definition) is 1. The van der Waals surface area contributed by atoms with Crippen LogP contribution in [0.15, 0.2) is 18.2 Å². The highest BCUT2D eigenvalue weighted by molar-refractivity contribution is 6.04. The van der Waals surface area contributed by atoms with Crippen LogP contribution in [0.5, 0.6) is 0 Å². The van der Waals surface area contributed by atoms with Crippen LogP contribution < -0.4 is 10.2 Å². The molecule has 0 bridgehead atoms. The van der Waals surface area contributed by atoms with Gasteiger partial charge in [-0.1, -0.05) is 0 Å². The summed E-state index contributed by atoms with van der Waals surface area (Å²) in [6.45, 7) is 2.91. The van der Waals surface area contributed by atoms with Crippen molar-refractivity contribution in [1.82, 2.24) is 0 Å². The SMILES string of the molecule is CC(=O)Nc1ccc(N(C)C)cc1C(C)=O. The van der Waals surface area contributed by atoms with Crippen molar-refractivity contribution in [2.24, 2.45) is 0 Å². The minimum Gasteiger partial charge on any atom is -0.378 e. The average Bonchev–Trinajstić information content (AvgIpc) is 2.16. The standard InChI is InChI=1S/C12H16N2O2/c1-8(15)11-7-10(14(3)4)5-6-12(11)13-9(2)16/h5-7H,1-4H3,(H,13,16). The molecule has 1 aromatic carbocycles. The van der Waals surface area contributed by atoms with Crippen LogP contribution in [0, 0.1) is 0 Å². The number of carbonyl (C=O) groups is 2. The summed E-state index contributed by atoms with van der Waals surface area (Å²) in [7, 11) is 3.80. The number of nitrogens with one attached hydrogen (secondary N) is 1. The third-order valence-electron chi connectivity index (χ3n) is 2.21. The first-order valence-electron chi connectivity index (χ1n) is 5.01. The van der Waals surface area contributed by atoms with E-state index in [-0.39, 0.29) is 11.7 Å². The lowest BCUT2D eigenvalue weighted by molar-refractivity contribution is -0.114. The van der Waals surface area contributed by atoms with Gasteiger partial charge in [0.15, 0.2) is 5.78 Å². The normalized spacial score (nSPS) is 9.75. The zero-order valence-corrected chi connectivity index (χ0v) is 10.00. The number of ketones is 1. The molecule has 0 saturated heterocycles. The van der Waals surface area contributed by atoms with Crippen molar-refractivity contribution >= 4 is 23.1 Å². The third-order valence-corrected chi connectivity index (χ3v) is 2.21. The molecule has 1 amide bonds. The first-order chi connectivity index (χ1) is 7.41. The van der Waals surface area contributed by atoms with E-state index in [1.165, 1.54) is 13.8 Å². The van der Waals surface area contributed by atoms with Gasteiger partial charge >= 0.3 is 0 Å².